The average molecular weight is 301 g/mol. The zero-order chi connectivity index (χ0) is 15.0. The number of hydrogen-bond donors (Lipinski definition) is 2. The van der Waals surface area contributed by atoms with E-state index in [0.717, 1.165) is 5.56 Å². The van der Waals surface area contributed by atoms with Gasteiger partial charge in [0.15, 0.2) is 0 Å². The molecule has 1 aliphatic heterocycles. The number of benzene rings is 2. The maximum Gasteiger partial charge on any atom is 0.491 e. The van der Waals surface area contributed by atoms with Gasteiger partial charge in [0.25, 0.3) is 0 Å². The number of ether oxygens (including phenoxy) is 1. The van der Waals surface area contributed by atoms with Crippen molar-refractivity contribution >= 4 is 24.2 Å². The molecular formula is C14H9BClNO4. The zero-order valence-electron chi connectivity index (χ0n) is 10.7. The Morgan fingerprint density at radius 1 is 1.33 bits per heavy atom. The van der Waals surface area contributed by atoms with Gasteiger partial charge in [-0.2, -0.15) is 5.26 Å². The Morgan fingerprint density at radius 2 is 2.14 bits per heavy atom. The number of fused-ring (bicyclic) bond motifs is 1. The molecule has 21 heavy (non-hydrogen) atoms. The molecule has 2 aromatic carbocycles. The van der Waals surface area contributed by atoms with E-state index in [-0.39, 0.29) is 22.1 Å². The summed E-state index contributed by atoms with van der Waals surface area (Å²) in [5.74, 6) is 0.522. The molecule has 2 N–H and O–H groups in total. The first-order chi connectivity index (χ1) is 10.1. The van der Waals surface area contributed by atoms with Crippen molar-refractivity contribution in [1.29, 1.82) is 5.26 Å². The SMILES string of the molecule is N#Cc1cc(Cl)c(O)cc1Oc1ccc2c(c1)COB2O. The maximum atomic E-state index is 9.61. The molecule has 0 radical (unpaired) electrons. The van der Waals surface area contributed by atoms with Crippen LogP contribution in [0.2, 0.25) is 5.02 Å². The number of rotatable bonds is 2. The predicted octanol–water partition coefficient (Wildman–Crippen LogP) is 1.93. The Labute approximate surface area is 126 Å². The summed E-state index contributed by atoms with van der Waals surface area (Å²) in [5, 5.41) is 28.3. The lowest BCUT2D eigenvalue weighted by molar-refractivity contribution is 0.275. The van der Waals surface area contributed by atoms with Crippen LogP contribution in [-0.2, 0) is 11.3 Å². The van der Waals surface area contributed by atoms with E-state index in [0.29, 0.717) is 17.8 Å². The van der Waals surface area contributed by atoms with Gasteiger partial charge in [-0.15, -0.1) is 0 Å². The summed E-state index contributed by atoms with van der Waals surface area (Å²) in [6, 6.07) is 9.66. The Kier molecular flexibility index (Phi) is 3.48. The fourth-order valence-electron chi connectivity index (χ4n) is 2.11. The van der Waals surface area contributed by atoms with Crippen molar-refractivity contribution in [3.63, 3.8) is 0 Å². The Hall–Kier alpha value is -2.20. The zero-order valence-corrected chi connectivity index (χ0v) is 11.5. The lowest BCUT2D eigenvalue weighted by atomic mass is 9.80. The van der Waals surface area contributed by atoms with E-state index in [1.165, 1.54) is 12.1 Å². The number of phenolic OH excluding ortho intramolecular Hbond substituents is 1. The van der Waals surface area contributed by atoms with Crippen molar-refractivity contribution in [2.75, 3.05) is 0 Å². The van der Waals surface area contributed by atoms with Gasteiger partial charge in [-0.05, 0) is 29.2 Å². The molecular weight excluding hydrogens is 292 g/mol. The normalized spacial score (nSPS) is 12.9. The summed E-state index contributed by atoms with van der Waals surface area (Å²) < 4.78 is 10.7. The van der Waals surface area contributed by atoms with E-state index in [9.17, 15) is 10.1 Å². The van der Waals surface area contributed by atoms with Crippen LogP contribution in [0.4, 0.5) is 0 Å². The molecule has 0 aliphatic carbocycles. The highest BCUT2D eigenvalue weighted by Crippen LogP contribution is 2.34. The number of hydrogen-bond acceptors (Lipinski definition) is 5. The average Bonchev–Trinajstić information content (AvgIpc) is 2.84. The predicted molar refractivity (Wildman–Crippen MR) is 76.7 cm³/mol. The summed E-state index contributed by atoms with van der Waals surface area (Å²) in [6.45, 7) is 0.296. The van der Waals surface area contributed by atoms with Crippen LogP contribution in [0.1, 0.15) is 11.1 Å². The van der Waals surface area contributed by atoms with E-state index < -0.39 is 7.12 Å². The smallest absolute Gasteiger partial charge is 0.491 e. The molecule has 1 heterocycles. The van der Waals surface area contributed by atoms with Gasteiger partial charge in [-0.25, -0.2) is 0 Å². The molecule has 5 nitrogen and oxygen atoms in total. The van der Waals surface area contributed by atoms with E-state index in [1.54, 1.807) is 18.2 Å². The van der Waals surface area contributed by atoms with Crippen LogP contribution in [0.15, 0.2) is 30.3 Å². The molecule has 0 spiro atoms. The fourth-order valence-corrected chi connectivity index (χ4v) is 2.28. The number of aromatic hydroxyl groups is 1. The van der Waals surface area contributed by atoms with Crippen molar-refractivity contribution in [2.45, 2.75) is 6.61 Å². The number of nitrogens with zero attached hydrogens (tertiary/aromatic N) is 1. The highest BCUT2D eigenvalue weighted by molar-refractivity contribution is 6.61. The van der Waals surface area contributed by atoms with Gasteiger partial charge in [0.1, 0.15) is 23.3 Å². The molecule has 0 saturated heterocycles. The van der Waals surface area contributed by atoms with Gasteiger partial charge < -0.3 is 19.5 Å². The van der Waals surface area contributed by atoms with Crippen LogP contribution in [0.5, 0.6) is 17.2 Å². The third-order valence-electron chi connectivity index (χ3n) is 3.17. The minimum atomic E-state index is -0.914. The van der Waals surface area contributed by atoms with Crippen LogP contribution in [0.25, 0.3) is 0 Å². The topological polar surface area (TPSA) is 82.7 Å². The van der Waals surface area contributed by atoms with Gasteiger partial charge in [0, 0.05) is 6.07 Å². The molecule has 7 heteroatoms. The molecule has 0 saturated carbocycles. The molecule has 3 rings (SSSR count). The van der Waals surface area contributed by atoms with Gasteiger partial charge in [-0.1, -0.05) is 17.7 Å². The largest absolute Gasteiger partial charge is 0.506 e. The second-order valence-corrected chi connectivity index (χ2v) is 4.94. The van der Waals surface area contributed by atoms with Crippen LogP contribution in [0.3, 0.4) is 0 Å². The first-order valence-electron chi connectivity index (χ1n) is 6.11. The number of nitriles is 1. The Bertz CT molecular complexity index is 759. The minimum absolute atomic E-state index is 0.0874. The molecule has 0 atom stereocenters. The standard InChI is InChI=1S/C14H9BClNO4/c16-12-4-8(6-17)14(5-13(12)18)21-10-1-2-11-9(3-10)7-20-15(11)19/h1-5,18-19H,7H2. The summed E-state index contributed by atoms with van der Waals surface area (Å²) in [7, 11) is -0.914. The minimum Gasteiger partial charge on any atom is -0.506 e. The van der Waals surface area contributed by atoms with Crippen molar-refractivity contribution < 1.29 is 19.5 Å². The summed E-state index contributed by atoms with van der Waals surface area (Å²) in [4.78, 5) is 0. The van der Waals surface area contributed by atoms with E-state index in [4.69, 9.17) is 26.3 Å². The summed E-state index contributed by atoms with van der Waals surface area (Å²) in [5.41, 5.74) is 1.73. The molecule has 104 valence electrons. The van der Waals surface area contributed by atoms with Crippen molar-refractivity contribution in [1.82, 2.24) is 0 Å². The molecule has 1 aliphatic rings. The van der Waals surface area contributed by atoms with E-state index in [1.807, 2.05) is 6.07 Å². The summed E-state index contributed by atoms with van der Waals surface area (Å²) in [6.07, 6.45) is 0. The molecule has 0 fully saturated rings. The number of phenols is 1. The number of halogens is 1. The molecule has 0 aromatic heterocycles. The first kappa shape index (κ1) is 13.8. The maximum absolute atomic E-state index is 9.61. The van der Waals surface area contributed by atoms with Crippen LogP contribution >= 0.6 is 11.6 Å². The van der Waals surface area contributed by atoms with Crippen LogP contribution in [0, 0.1) is 11.3 Å². The van der Waals surface area contributed by atoms with Crippen molar-refractivity contribution in [3.05, 3.63) is 46.5 Å². The molecule has 0 amide bonds. The van der Waals surface area contributed by atoms with Gasteiger partial charge in [0.05, 0.1) is 17.2 Å². The second-order valence-electron chi connectivity index (χ2n) is 4.54. The van der Waals surface area contributed by atoms with Gasteiger partial charge in [-0.3, -0.25) is 0 Å². The fraction of sp³-hybridized carbons (Fsp3) is 0.0714. The van der Waals surface area contributed by atoms with Gasteiger partial charge >= 0.3 is 7.12 Å². The first-order valence-corrected chi connectivity index (χ1v) is 6.49. The Balaban J connectivity index is 1.95. The lowest BCUT2D eigenvalue weighted by Gasteiger charge is -2.10. The Morgan fingerprint density at radius 3 is 2.90 bits per heavy atom. The quantitative estimate of drug-likeness (QED) is 0.828. The molecule has 0 unspecified atom stereocenters. The highest BCUT2D eigenvalue weighted by atomic mass is 35.5. The summed E-state index contributed by atoms with van der Waals surface area (Å²) >= 11 is 5.76. The highest BCUT2D eigenvalue weighted by Gasteiger charge is 2.27. The van der Waals surface area contributed by atoms with Crippen LogP contribution < -0.4 is 10.2 Å². The molecule has 2 aromatic rings. The van der Waals surface area contributed by atoms with Crippen molar-refractivity contribution in [2.24, 2.45) is 0 Å². The second kappa shape index (κ2) is 5.30. The van der Waals surface area contributed by atoms with Crippen LogP contribution in [-0.4, -0.2) is 17.2 Å². The monoisotopic (exact) mass is 301 g/mol. The van der Waals surface area contributed by atoms with E-state index >= 15 is 0 Å². The lowest BCUT2D eigenvalue weighted by Crippen LogP contribution is -2.27. The van der Waals surface area contributed by atoms with Crippen molar-refractivity contribution in [3.8, 4) is 23.3 Å². The third kappa shape index (κ3) is 2.54. The third-order valence-corrected chi connectivity index (χ3v) is 3.48. The van der Waals surface area contributed by atoms with Gasteiger partial charge in [0.2, 0.25) is 0 Å². The molecule has 0 bridgehead atoms. The van der Waals surface area contributed by atoms with E-state index in [2.05, 4.69) is 0 Å².